The first-order chi connectivity index (χ1) is 7.36. The molecule has 1 aliphatic rings. The number of unbranched alkanes of at least 4 members (excludes halogenated alkanes) is 1. The molecule has 1 atom stereocenters. The highest BCUT2D eigenvalue weighted by atomic mass is 15.1. The molecule has 2 heteroatoms. The fourth-order valence-electron chi connectivity index (χ4n) is 2.35. The molecule has 0 aromatic carbocycles. The minimum atomic E-state index is 0.939. The van der Waals surface area contributed by atoms with Gasteiger partial charge in [0.05, 0.1) is 0 Å². The maximum absolute atomic E-state index is 3.50. The molecule has 15 heavy (non-hydrogen) atoms. The summed E-state index contributed by atoms with van der Waals surface area (Å²) in [5.74, 6) is 0.939. The van der Waals surface area contributed by atoms with Crippen molar-refractivity contribution in [3.05, 3.63) is 0 Å². The normalized spacial score (nSPS) is 22.2. The summed E-state index contributed by atoms with van der Waals surface area (Å²) in [7, 11) is 0. The number of hydrogen-bond acceptors (Lipinski definition) is 2. The van der Waals surface area contributed by atoms with E-state index in [-0.39, 0.29) is 0 Å². The predicted molar refractivity (Wildman–Crippen MR) is 67.2 cm³/mol. The van der Waals surface area contributed by atoms with Crippen molar-refractivity contribution in [1.29, 1.82) is 0 Å². The molecule has 0 aliphatic carbocycles. The summed E-state index contributed by atoms with van der Waals surface area (Å²) in [5.41, 5.74) is 0. The Hall–Kier alpha value is -0.0800. The van der Waals surface area contributed by atoms with Crippen molar-refractivity contribution in [3.8, 4) is 0 Å². The third-order valence-corrected chi connectivity index (χ3v) is 3.53. The number of hydrogen-bond donors (Lipinski definition) is 1. The van der Waals surface area contributed by atoms with E-state index >= 15 is 0 Å². The van der Waals surface area contributed by atoms with Crippen LogP contribution < -0.4 is 5.32 Å². The van der Waals surface area contributed by atoms with E-state index < -0.39 is 0 Å². The molecule has 0 amide bonds. The summed E-state index contributed by atoms with van der Waals surface area (Å²) in [4.78, 5) is 2.61. The molecule has 1 rings (SSSR count). The van der Waals surface area contributed by atoms with Crippen molar-refractivity contribution in [2.75, 3.05) is 32.7 Å². The highest BCUT2D eigenvalue weighted by Gasteiger charge is 2.13. The smallest absolute Gasteiger partial charge is 0.00157 e. The van der Waals surface area contributed by atoms with E-state index in [0.29, 0.717) is 0 Å². The predicted octanol–water partition coefficient (Wildman–Crippen LogP) is 2.50. The third-order valence-electron chi connectivity index (χ3n) is 3.53. The molecule has 0 radical (unpaired) electrons. The minimum absolute atomic E-state index is 0.939. The molecule has 0 saturated carbocycles. The molecule has 1 saturated heterocycles. The second-order valence-electron chi connectivity index (χ2n) is 4.79. The van der Waals surface area contributed by atoms with Crippen molar-refractivity contribution in [3.63, 3.8) is 0 Å². The molecule has 0 aromatic rings. The SMILES string of the molecule is CCCCN(CC)CCC1CCCNC1. The summed E-state index contributed by atoms with van der Waals surface area (Å²) in [5, 5.41) is 3.50. The monoisotopic (exact) mass is 212 g/mol. The maximum atomic E-state index is 3.50. The molecule has 1 unspecified atom stereocenters. The molecule has 1 aliphatic heterocycles. The zero-order chi connectivity index (χ0) is 10.9. The maximum Gasteiger partial charge on any atom is -0.00157 e. The zero-order valence-corrected chi connectivity index (χ0v) is 10.6. The van der Waals surface area contributed by atoms with Crippen LogP contribution >= 0.6 is 0 Å². The molecule has 1 N–H and O–H groups in total. The van der Waals surface area contributed by atoms with Gasteiger partial charge in [-0.05, 0) is 64.3 Å². The highest BCUT2D eigenvalue weighted by Crippen LogP contribution is 2.14. The van der Waals surface area contributed by atoms with Crippen LogP contribution in [0.3, 0.4) is 0 Å². The van der Waals surface area contributed by atoms with Crippen LogP contribution in [0.1, 0.15) is 46.0 Å². The van der Waals surface area contributed by atoms with Crippen molar-refractivity contribution < 1.29 is 0 Å². The van der Waals surface area contributed by atoms with Crippen LogP contribution in [-0.2, 0) is 0 Å². The van der Waals surface area contributed by atoms with Gasteiger partial charge in [-0.2, -0.15) is 0 Å². The van der Waals surface area contributed by atoms with Crippen LogP contribution in [0.15, 0.2) is 0 Å². The van der Waals surface area contributed by atoms with Crippen molar-refractivity contribution in [1.82, 2.24) is 10.2 Å². The molecule has 0 bridgehead atoms. The van der Waals surface area contributed by atoms with Gasteiger partial charge in [-0.1, -0.05) is 20.3 Å². The van der Waals surface area contributed by atoms with Gasteiger partial charge in [-0.3, -0.25) is 0 Å². The van der Waals surface area contributed by atoms with E-state index in [0.717, 1.165) is 5.92 Å². The number of piperidine rings is 1. The van der Waals surface area contributed by atoms with E-state index in [9.17, 15) is 0 Å². The summed E-state index contributed by atoms with van der Waals surface area (Å²) >= 11 is 0. The number of nitrogens with one attached hydrogen (secondary N) is 1. The summed E-state index contributed by atoms with van der Waals surface area (Å²) in [6, 6.07) is 0. The lowest BCUT2D eigenvalue weighted by Crippen LogP contribution is -2.33. The standard InChI is InChI=1S/C13H28N2/c1-3-5-10-15(4-2)11-8-13-7-6-9-14-12-13/h13-14H,3-12H2,1-2H3. The van der Waals surface area contributed by atoms with Crippen LogP contribution in [0.4, 0.5) is 0 Å². The van der Waals surface area contributed by atoms with Gasteiger partial charge in [0.15, 0.2) is 0 Å². The van der Waals surface area contributed by atoms with Crippen LogP contribution in [0.2, 0.25) is 0 Å². The fourth-order valence-corrected chi connectivity index (χ4v) is 2.35. The largest absolute Gasteiger partial charge is 0.316 e. The molecular weight excluding hydrogens is 184 g/mol. The van der Waals surface area contributed by atoms with Crippen LogP contribution in [-0.4, -0.2) is 37.6 Å². The Kier molecular flexibility index (Phi) is 7.03. The van der Waals surface area contributed by atoms with Gasteiger partial charge in [-0.15, -0.1) is 0 Å². The average molecular weight is 212 g/mol. The molecule has 2 nitrogen and oxygen atoms in total. The van der Waals surface area contributed by atoms with Gasteiger partial charge in [0.25, 0.3) is 0 Å². The van der Waals surface area contributed by atoms with Crippen LogP contribution in [0.5, 0.6) is 0 Å². The average Bonchev–Trinajstić information content (AvgIpc) is 2.31. The lowest BCUT2D eigenvalue weighted by molar-refractivity contribution is 0.243. The van der Waals surface area contributed by atoms with Crippen molar-refractivity contribution in [2.24, 2.45) is 5.92 Å². The van der Waals surface area contributed by atoms with E-state index in [1.54, 1.807) is 0 Å². The zero-order valence-electron chi connectivity index (χ0n) is 10.6. The molecule has 1 heterocycles. The minimum Gasteiger partial charge on any atom is -0.316 e. The molecule has 90 valence electrons. The van der Waals surface area contributed by atoms with E-state index in [1.165, 1.54) is 64.8 Å². The topological polar surface area (TPSA) is 15.3 Å². The Morgan fingerprint density at radius 3 is 2.73 bits per heavy atom. The number of rotatable bonds is 7. The summed E-state index contributed by atoms with van der Waals surface area (Å²) in [6.07, 6.45) is 6.90. The van der Waals surface area contributed by atoms with Gasteiger partial charge < -0.3 is 10.2 Å². The third kappa shape index (κ3) is 5.53. The molecular formula is C13H28N2. The Bertz CT molecular complexity index is 141. The second-order valence-corrected chi connectivity index (χ2v) is 4.79. The fraction of sp³-hybridized carbons (Fsp3) is 1.00. The Morgan fingerprint density at radius 2 is 2.13 bits per heavy atom. The van der Waals surface area contributed by atoms with Gasteiger partial charge in [0, 0.05) is 0 Å². The first-order valence-electron chi connectivity index (χ1n) is 6.79. The second kappa shape index (κ2) is 8.12. The first-order valence-corrected chi connectivity index (χ1v) is 6.79. The van der Waals surface area contributed by atoms with Gasteiger partial charge in [-0.25, -0.2) is 0 Å². The van der Waals surface area contributed by atoms with Crippen molar-refractivity contribution >= 4 is 0 Å². The molecule has 1 fully saturated rings. The Labute approximate surface area is 95.4 Å². The Balaban J connectivity index is 2.09. The van der Waals surface area contributed by atoms with Crippen LogP contribution in [0.25, 0.3) is 0 Å². The Morgan fingerprint density at radius 1 is 1.27 bits per heavy atom. The number of nitrogens with zero attached hydrogens (tertiary/aromatic N) is 1. The van der Waals surface area contributed by atoms with Crippen molar-refractivity contribution in [2.45, 2.75) is 46.0 Å². The van der Waals surface area contributed by atoms with Gasteiger partial charge >= 0.3 is 0 Å². The first kappa shape index (κ1) is 13.0. The van der Waals surface area contributed by atoms with E-state index in [4.69, 9.17) is 0 Å². The lowest BCUT2D eigenvalue weighted by atomic mass is 9.96. The molecule has 0 spiro atoms. The lowest BCUT2D eigenvalue weighted by Gasteiger charge is -2.26. The van der Waals surface area contributed by atoms with Crippen LogP contribution in [0, 0.1) is 5.92 Å². The van der Waals surface area contributed by atoms with Gasteiger partial charge in [0.1, 0.15) is 0 Å². The summed E-state index contributed by atoms with van der Waals surface area (Å²) in [6.45, 7) is 10.9. The molecule has 0 aromatic heterocycles. The van der Waals surface area contributed by atoms with Gasteiger partial charge in [0.2, 0.25) is 0 Å². The summed E-state index contributed by atoms with van der Waals surface area (Å²) < 4.78 is 0. The quantitative estimate of drug-likeness (QED) is 0.697. The van der Waals surface area contributed by atoms with E-state index in [1.807, 2.05) is 0 Å². The van der Waals surface area contributed by atoms with E-state index in [2.05, 4.69) is 24.1 Å². The highest BCUT2D eigenvalue weighted by molar-refractivity contribution is 4.70.